The van der Waals surface area contributed by atoms with Crippen molar-refractivity contribution in [1.82, 2.24) is 4.98 Å². The van der Waals surface area contributed by atoms with Crippen LogP contribution < -0.4 is 0 Å². The molecule has 0 atom stereocenters. The molecule has 0 unspecified atom stereocenters. The lowest BCUT2D eigenvalue weighted by molar-refractivity contribution is 0.0957. The lowest BCUT2D eigenvalue weighted by atomic mass is 9.99. The number of Topliss-reactive ketones (excluding diaryl/α,β-unsaturated/α-hetero) is 1. The minimum Gasteiger partial charge on any atom is -0.292 e. The Morgan fingerprint density at radius 3 is 2.69 bits per heavy atom. The molecule has 1 aromatic heterocycles. The average molecular weight is 258 g/mol. The van der Waals surface area contributed by atoms with Gasteiger partial charge in [0.2, 0.25) is 0 Å². The highest BCUT2D eigenvalue weighted by molar-refractivity contribution is 6.36. The first-order valence-corrected chi connectivity index (χ1v) is 6.26. The molecule has 0 aliphatic heterocycles. The fraction of sp³-hybridized carbons (Fsp3) is 0.500. The highest BCUT2D eigenvalue weighted by atomic mass is 35.5. The summed E-state index contributed by atoms with van der Waals surface area (Å²) in [6.45, 7) is 0. The van der Waals surface area contributed by atoms with Crippen molar-refractivity contribution in [3.63, 3.8) is 0 Å². The van der Waals surface area contributed by atoms with Crippen LogP contribution in [0.4, 0.5) is 0 Å². The summed E-state index contributed by atoms with van der Waals surface area (Å²) in [5.74, 6) is 0.551. The number of carbonyl (C=O) groups is 1. The van der Waals surface area contributed by atoms with E-state index in [9.17, 15) is 4.79 Å². The molecule has 0 radical (unpaired) electrons. The summed E-state index contributed by atoms with van der Waals surface area (Å²) in [6.07, 6.45) is 6.80. The van der Waals surface area contributed by atoms with Crippen LogP contribution in [0.2, 0.25) is 10.0 Å². The number of rotatable bonds is 3. The van der Waals surface area contributed by atoms with Gasteiger partial charge in [-0.25, -0.2) is 0 Å². The molecule has 0 amide bonds. The van der Waals surface area contributed by atoms with Gasteiger partial charge >= 0.3 is 0 Å². The molecule has 1 heterocycles. The molecule has 86 valence electrons. The van der Waals surface area contributed by atoms with Gasteiger partial charge in [-0.05, 0) is 12.0 Å². The van der Waals surface area contributed by atoms with E-state index in [4.69, 9.17) is 23.2 Å². The third kappa shape index (κ3) is 2.74. The van der Waals surface area contributed by atoms with Crippen LogP contribution in [0.25, 0.3) is 0 Å². The third-order valence-electron chi connectivity index (χ3n) is 3.02. The van der Waals surface area contributed by atoms with Crippen LogP contribution >= 0.6 is 23.2 Å². The lowest BCUT2D eigenvalue weighted by Crippen LogP contribution is -2.08. The van der Waals surface area contributed by atoms with Gasteiger partial charge in [0, 0.05) is 12.6 Å². The minimum absolute atomic E-state index is 0.0357. The number of nitrogens with zero attached hydrogens (tertiary/aromatic N) is 1. The number of hydrogen-bond donors (Lipinski definition) is 0. The summed E-state index contributed by atoms with van der Waals surface area (Å²) in [7, 11) is 0. The van der Waals surface area contributed by atoms with Gasteiger partial charge in [-0.15, -0.1) is 0 Å². The maximum atomic E-state index is 11.9. The highest BCUT2D eigenvalue weighted by Gasteiger charge is 2.21. The van der Waals surface area contributed by atoms with E-state index in [0.29, 0.717) is 28.1 Å². The highest BCUT2D eigenvalue weighted by Crippen LogP contribution is 2.29. The second kappa shape index (κ2) is 5.15. The summed E-state index contributed by atoms with van der Waals surface area (Å²) in [5.41, 5.74) is 0.359. The number of hydrogen-bond acceptors (Lipinski definition) is 2. The predicted octanol–water partition coefficient (Wildman–Crippen LogP) is 4.15. The van der Waals surface area contributed by atoms with Crippen molar-refractivity contribution in [1.29, 1.82) is 0 Å². The Hall–Kier alpha value is -0.600. The molecule has 0 aromatic carbocycles. The van der Waals surface area contributed by atoms with E-state index in [0.717, 1.165) is 12.8 Å². The maximum absolute atomic E-state index is 11.9. The smallest absolute Gasteiger partial charge is 0.182 e. The number of halogens is 2. The predicted molar refractivity (Wildman–Crippen MR) is 65.2 cm³/mol. The van der Waals surface area contributed by atoms with Crippen molar-refractivity contribution in [2.75, 3.05) is 0 Å². The molecule has 2 rings (SSSR count). The zero-order valence-electron chi connectivity index (χ0n) is 8.88. The first-order valence-electron chi connectivity index (χ1n) is 5.51. The van der Waals surface area contributed by atoms with Gasteiger partial charge in [0.25, 0.3) is 0 Å². The quantitative estimate of drug-likeness (QED) is 0.762. The molecule has 1 aliphatic carbocycles. The second-order valence-corrected chi connectivity index (χ2v) is 5.11. The Bertz CT molecular complexity index is 400. The van der Waals surface area contributed by atoms with Gasteiger partial charge in [0.15, 0.2) is 5.78 Å². The van der Waals surface area contributed by atoms with Crippen molar-refractivity contribution in [3.05, 3.63) is 28.0 Å². The Balaban J connectivity index is 2.08. The van der Waals surface area contributed by atoms with E-state index < -0.39 is 0 Å². The van der Waals surface area contributed by atoms with Gasteiger partial charge < -0.3 is 0 Å². The summed E-state index contributed by atoms with van der Waals surface area (Å²) >= 11 is 11.7. The fourth-order valence-electron chi connectivity index (χ4n) is 2.19. The summed E-state index contributed by atoms with van der Waals surface area (Å²) in [6, 6.07) is 1.57. The van der Waals surface area contributed by atoms with Crippen LogP contribution in [-0.2, 0) is 0 Å². The van der Waals surface area contributed by atoms with E-state index >= 15 is 0 Å². The Labute approximate surface area is 105 Å². The number of pyridine rings is 1. The molecular formula is C12H13Cl2NO. The molecule has 1 aliphatic rings. The molecule has 0 saturated heterocycles. The van der Waals surface area contributed by atoms with Gasteiger partial charge in [0.05, 0.1) is 10.0 Å². The van der Waals surface area contributed by atoms with E-state index in [1.165, 1.54) is 19.0 Å². The molecule has 1 aromatic rings. The zero-order valence-corrected chi connectivity index (χ0v) is 10.4. The molecule has 0 bridgehead atoms. The summed E-state index contributed by atoms with van der Waals surface area (Å²) < 4.78 is 0. The van der Waals surface area contributed by atoms with Crippen LogP contribution in [0, 0.1) is 5.92 Å². The fourth-order valence-corrected chi connectivity index (χ4v) is 2.68. The molecule has 16 heavy (non-hydrogen) atoms. The Morgan fingerprint density at radius 1 is 1.38 bits per heavy atom. The third-order valence-corrected chi connectivity index (χ3v) is 3.52. The van der Waals surface area contributed by atoms with Gasteiger partial charge in [-0.1, -0.05) is 48.9 Å². The van der Waals surface area contributed by atoms with Crippen LogP contribution in [0.1, 0.15) is 42.6 Å². The van der Waals surface area contributed by atoms with E-state index in [1.807, 2.05) is 0 Å². The van der Waals surface area contributed by atoms with E-state index in [2.05, 4.69) is 4.98 Å². The average Bonchev–Trinajstić information content (AvgIpc) is 2.70. The molecule has 0 spiro atoms. The van der Waals surface area contributed by atoms with Gasteiger partial charge in [-0.2, -0.15) is 0 Å². The number of aromatic nitrogens is 1. The number of carbonyl (C=O) groups excluding carboxylic acids is 1. The van der Waals surface area contributed by atoms with Crippen LogP contribution in [0.3, 0.4) is 0 Å². The molecular weight excluding hydrogens is 245 g/mol. The minimum atomic E-state index is 0.0357. The topological polar surface area (TPSA) is 30.0 Å². The number of ketones is 1. The normalized spacial score (nSPS) is 16.6. The van der Waals surface area contributed by atoms with Gasteiger partial charge in [0.1, 0.15) is 5.69 Å². The molecule has 1 saturated carbocycles. The largest absolute Gasteiger partial charge is 0.292 e. The van der Waals surface area contributed by atoms with E-state index in [-0.39, 0.29) is 5.78 Å². The lowest BCUT2D eigenvalue weighted by Gasteiger charge is -2.08. The van der Waals surface area contributed by atoms with Crippen molar-refractivity contribution < 1.29 is 4.79 Å². The Kier molecular flexibility index (Phi) is 3.82. The molecule has 1 fully saturated rings. The first kappa shape index (κ1) is 11.9. The molecule has 2 nitrogen and oxygen atoms in total. The van der Waals surface area contributed by atoms with Crippen LogP contribution in [0.5, 0.6) is 0 Å². The maximum Gasteiger partial charge on any atom is 0.182 e. The second-order valence-electron chi connectivity index (χ2n) is 4.26. The van der Waals surface area contributed by atoms with Crippen LogP contribution in [0.15, 0.2) is 12.3 Å². The molecule has 0 N–H and O–H groups in total. The van der Waals surface area contributed by atoms with Crippen molar-refractivity contribution in [2.24, 2.45) is 5.92 Å². The SMILES string of the molecule is O=C(CC1CCCC1)c1ncc(Cl)cc1Cl. The van der Waals surface area contributed by atoms with E-state index in [1.54, 1.807) is 6.07 Å². The summed E-state index contributed by atoms with van der Waals surface area (Å²) in [4.78, 5) is 15.9. The molecule has 4 heteroatoms. The standard InChI is InChI=1S/C12H13Cl2NO/c13-9-6-10(14)12(15-7-9)11(16)5-8-3-1-2-4-8/h6-8H,1-5H2. The van der Waals surface area contributed by atoms with Crippen LogP contribution in [-0.4, -0.2) is 10.8 Å². The first-order chi connectivity index (χ1) is 7.66. The van der Waals surface area contributed by atoms with Crippen molar-refractivity contribution in [2.45, 2.75) is 32.1 Å². The zero-order chi connectivity index (χ0) is 11.5. The summed E-state index contributed by atoms with van der Waals surface area (Å²) in [5, 5.41) is 0.818. The van der Waals surface area contributed by atoms with Gasteiger partial charge in [-0.3, -0.25) is 9.78 Å². The van der Waals surface area contributed by atoms with Crippen molar-refractivity contribution in [3.8, 4) is 0 Å². The van der Waals surface area contributed by atoms with Crippen molar-refractivity contribution >= 4 is 29.0 Å². The monoisotopic (exact) mass is 257 g/mol. The Morgan fingerprint density at radius 2 is 2.06 bits per heavy atom.